The highest BCUT2D eigenvalue weighted by Gasteiger charge is 2.16. The molecule has 2 N–H and O–H groups in total. The van der Waals surface area contributed by atoms with Crippen LogP contribution in [0.1, 0.15) is 17.7 Å². The van der Waals surface area contributed by atoms with Crippen LogP contribution in [-0.4, -0.2) is 10.1 Å². The van der Waals surface area contributed by atoms with Crippen LogP contribution in [0.5, 0.6) is 5.75 Å². The van der Waals surface area contributed by atoms with E-state index in [2.05, 4.69) is 0 Å². The Hall–Kier alpha value is -1.90. The molecular weight excluding hydrogens is 182 g/mol. The number of aromatic amines is 1. The summed E-state index contributed by atoms with van der Waals surface area (Å²) in [6.07, 6.45) is -2.98. The van der Waals surface area contributed by atoms with Crippen molar-refractivity contribution >= 4 is 0 Å². The van der Waals surface area contributed by atoms with E-state index in [4.69, 9.17) is 10.4 Å². The lowest BCUT2D eigenvalue weighted by atomic mass is 10.2. The summed E-state index contributed by atoms with van der Waals surface area (Å²) in [6.45, 7) is 0. The quantitative estimate of drug-likeness (QED) is 0.683. The Bertz CT molecular complexity index is 419. The van der Waals surface area contributed by atoms with Crippen LogP contribution in [0.25, 0.3) is 0 Å². The molecule has 0 saturated heterocycles. The maximum absolute atomic E-state index is 12.1. The third-order valence-corrected chi connectivity index (χ3v) is 1.39. The molecular formula is C7H4F2N2O2. The van der Waals surface area contributed by atoms with Crippen LogP contribution in [-0.2, 0) is 0 Å². The average molecular weight is 186 g/mol. The van der Waals surface area contributed by atoms with Crippen LogP contribution in [0.15, 0.2) is 10.9 Å². The molecule has 0 unspecified atom stereocenters. The Balaban J connectivity index is 3.44. The number of aromatic nitrogens is 1. The third kappa shape index (κ3) is 1.64. The van der Waals surface area contributed by atoms with Crippen LogP contribution in [0.2, 0.25) is 0 Å². The molecule has 4 nitrogen and oxygen atoms in total. The van der Waals surface area contributed by atoms with Crippen LogP contribution in [0, 0.1) is 11.3 Å². The number of H-pyrrole nitrogens is 1. The zero-order valence-corrected chi connectivity index (χ0v) is 6.21. The van der Waals surface area contributed by atoms with Gasteiger partial charge >= 0.3 is 0 Å². The van der Waals surface area contributed by atoms with Gasteiger partial charge in [-0.1, -0.05) is 0 Å². The molecule has 0 saturated carbocycles. The predicted molar refractivity (Wildman–Crippen MR) is 38.4 cm³/mol. The van der Waals surface area contributed by atoms with Crippen molar-refractivity contribution in [1.29, 1.82) is 5.26 Å². The predicted octanol–water partition coefficient (Wildman–Crippen LogP) is 0.890. The van der Waals surface area contributed by atoms with Gasteiger partial charge in [0.2, 0.25) is 0 Å². The lowest BCUT2D eigenvalue weighted by Crippen LogP contribution is -2.09. The second-order valence-corrected chi connectivity index (χ2v) is 2.23. The van der Waals surface area contributed by atoms with Crippen molar-refractivity contribution in [3.05, 3.63) is 27.7 Å². The number of aromatic hydroxyl groups is 1. The number of pyridine rings is 1. The molecule has 1 rings (SSSR count). The molecule has 1 heterocycles. The number of rotatable bonds is 1. The van der Waals surface area contributed by atoms with E-state index in [0.717, 1.165) is 6.07 Å². The van der Waals surface area contributed by atoms with Gasteiger partial charge in [0, 0.05) is 0 Å². The number of alkyl halides is 2. The summed E-state index contributed by atoms with van der Waals surface area (Å²) in [7, 11) is 0. The van der Waals surface area contributed by atoms with Crippen molar-refractivity contribution in [3.8, 4) is 11.8 Å². The van der Waals surface area contributed by atoms with E-state index in [0.29, 0.717) is 0 Å². The first-order chi connectivity index (χ1) is 6.06. The van der Waals surface area contributed by atoms with Gasteiger partial charge in [0.25, 0.3) is 12.0 Å². The van der Waals surface area contributed by atoms with Gasteiger partial charge in [-0.25, -0.2) is 8.78 Å². The average Bonchev–Trinajstić information content (AvgIpc) is 2.09. The fourth-order valence-corrected chi connectivity index (χ4v) is 0.799. The summed E-state index contributed by atoms with van der Waals surface area (Å²) in [5.41, 5.74) is -2.23. The smallest absolute Gasteiger partial charge is 0.291 e. The van der Waals surface area contributed by atoms with Crippen LogP contribution < -0.4 is 5.56 Å². The molecule has 0 fully saturated rings. The Kier molecular flexibility index (Phi) is 2.28. The van der Waals surface area contributed by atoms with Gasteiger partial charge in [0.1, 0.15) is 11.8 Å². The lowest BCUT2D eigenvalue weighted by molar-refractivity contribution is 0.147. The molecule has 1 aromatic heterocycles. The second kappa shape index (κ2) is 3.23. The van der Waals surface area contributed by atoms with E-state index in [1.165, 1.54) is 6.07 Å². The van der Waals surface area contributed by atoms with Gasteiger partial charge in [-0.2, -0.15) is 5.26 Å². The molecule has 6 heteroatoms. The van der Waals surface area contributed by atoms with Gasteiger partial charge in [-0.15, -0.1) is 0 Å². The van der Waals surface area contributed by atoms with Gasteiger partial charge in [-0.05, 0) is 6.07 Å². The molecule has 0 aromatic carbocycles. The molecule has 0 bridgehead atoms. The van der Waals surface area contributed by atoms with Gasteiger partial charge in [0.05, 0.1) is 5.56 Å². The summed E-state index contributed by atoms with van der Waals surface area (Å²) in [4.78, 5) is 12.7. The number of halogens is 2. The van der Waals surface area contributed by atoms with Crippen molar-refractivity contribution in [1.82, 2.24) is 4.98 Å². The summed E-state index contributed by atoms with van der Waals surface area (Å²) >= 11 is 0. The molecule has 68 valence electrons. The van der Waals surface area contributed by atoms with E-state index in [1.54, 1.807) is 0 Å². The maximum atomic E-state index is 12.1. The standard InChI is InChI=1S/C7H4F2N2O2/c8-6(9)4-1-3(2-10)11-7(13)5(4)12/h1,6,12H,(H,11,13). The van der Waals surface area contributed by atoms with E-state index in [9.17, 15) is 13.6 Å². The number of nitrogens with zero attached hydrogens (tertiary/aromatic N) is 1. The molecule has 0 spiro atoms. The summed E-state index contributed by atoms with van der Waals surface area (Å²) < 4.78 is 24.2. The summed E-state index contributed by atoms with van der Waals surface area (Å²) in [6, 6.07) is 2.23. The fraction of sp³-hybridized carbons (Fsp3) is 0.143. The molecule has 0 aliphatic carbocycles. The lowest BCUT2D eigenvalue weighted by Gasteiger charge is -2.01. The molecule has 0 amide bonds. The molecule has 0 radical (unpaired) electrons. The van der Waals surface area contributed by atoms with Gasteiger partial charge in [0.15, 0.2) is 5.75 Å². The fourth-order valence-electron chi connectivity index (χ4n) is 0.799. The van der Waals surface area contributed by atoms with Gasteiger partial charge in [-0.3, -0.25) is 4.79 Å². The van der Waals surface area contributed by atoms with Crippen LogP contribution in [0.3, 0.4) is 0 Å². The van der Waals surface area contributed by atoms with Crippen molar-refractivity contribution < 1.29 is 13.9 Å². The highest BCUT2D eigenvalue weighted by molar-refractivity contribution is 5.36. The topological polar surface area (TPSA) is 76.9 Å². The number of nitrogens with one attached hydrogen (secondary N) is 1. The zero-order valence-electron chi connectivity index (χ0n) is 6.21. The van der Waals surface area contributed by atoms with Crippen molar-refractivity contribution in [2.75, 3.05) is 0 Å². The largest absolute Gasteiger partial charge is 0.503 e. The highest BCUT2D eigenvalue weighted by Crippen LogP contribution is 2.24. The molecule has 1 aromatic rings. The first kappa shape index (κ1) is 9.19. The minimum absolute atomic E-state index is 0.307. The Morgan fingerprint density at radius 3 is 2.69 bits per heavy atom. The Labute approximate surface area is 71.1 Å². The Morgan fingerprint density at radius 1 is 1.62 bits per heavy atom. The summed E-state index contributed by atoms with van der Waals surface area (Å²) in [5, 5.41) is 17.2. The monoisotopic (exact) mass is 186 g/mol. The number of hydrogen-bond donors (Lipinski definition) is 2. The van der Waals surface area contributed by atoms with E-state index < -0.39 is 23.3 Å². The second-order valence-electron chi connectivity index (χ2n) is 2.23. The normalized spacial score (nSPS) is 10.0. The molecule has 0 aliphatic heterocycles. The summed E-state index contributed by atoms with van der Waals surface area (Å²) in [5.74, 6) is -1.05. The first-order valence-corrected chi connectivity index (χ1v) is 3.20. The Morgan fingerprint density at radius 2 is 2.23 bits per heavy atom. The number of hydrogen-bond acceptors (Lipinski definition) is 3. The molecule has 13 heavy (non-hydrogen) atoms. The van der Waals surface area contributed by atoms with Gasteiger partial charge < -0.3 is 10.1 Å². The minimum Gasteiger partial charge on any atom is -0.503 e. The molecule has 0 atom stereocenters. The SMILES string of the molecule is N#Cc1cc(C(F)F)c(O)c(=O)[nH]1. The number of nitriles is 1. The maximum Gasteiger partial charge on any atom is 0.291 e. The zero-order chi connectivity index (χ0) is 10.0. The van der Waals surface area contributed by atoms with Crippen LogP contribution >= 0.6 is 0 Å². The first-order valence-electron chi connectivity index (χ1n) is 3.20. The van der Waals surface area contributed by atoms with Crippen molar-refractivity contribution in [2.24, 2.45) is 0 Å². The van der Waals surface area contributed by atoms with E-state index in [1.807, 2.05) is 4.98 Å². The molecule has 0 aliphatic rings. The van der Waals surface area contributed by atoms with Crippen molar-refractivity contribution in [3.63, 3.8) is 0 Å². The third-order valence-electron chi connectivity index (χ3n) is 1.39. The van der Waals surface area contributed by atoms with E-state index in [-0.39, 0.29) is 5.69 Å². The van der Waals surface area contributed by atoms with Crippen molar-refractivity contribution in [2.45, 2.75) is 6.43 Å². The van der Waals surface area contributed by atoms with E-state index >= 15 is 0 Å². The highest BCUT2D eigenvalue weighted by atomic mass is 19.3. The minimum atomic E-state index is -2.98. The van der Waals surface area contributed by atoms with Crippen LogP contribution in [0.4, 0.5) is 8.78 Å².